The molecule has 0 amide bonds. The van der Waals surface area contributed by atoms with Gasteiger partial charge in [-0.25, -0.2) is 4.68 Å². The first-order chi connectivity index (χ1) is 13.3. The highest BCUT2D eigenvalue weighted by atomic mass is 15.3. The Morgan fingerprint density at radius 1 is 1.00 bits per heavy atom. The Morgan fingerprint density at radius 3 is 2.63 bits per heavy atom. The number of nitrogens with one attached hydrogen (secondary N) is 2. The van der Waals surface area contributed by atoms with Crippen LogP contribution in [0.4, 0.5) is 0 Å². The molecule has 0 radical (unpaired) electrons. The van der Waals surface area contributed by atoms with Crippen LogP contribution in [0.25, 0.3) is 16.9 Å². The highest BCUT2D eigenvalue weighted by Gasteiger charge is 2.07. The number of nitrogens with zero attached hydrogens (tertiary/aromatic N) is 3. The van der Waals surface area contributed by atoms with Crippen LogP contribution in [-0.4, -0.2) is 26.5 Å². The smallest absolute Gasteiger partial charge is 0.0695 e. The van der Waals surface area contributed by atoms with Crippen LogP contribution in [0.3, 0.4) is 0 Å². The summed E-state index contributed by atoms with van der Waals surface area (Å²) in [5.74, 6) is 0. The second kappa shape index (κ2) is 8.01. The third kappa shape index (κ3) is 4.15. The van der Waals surface area contributed by atoms with Crippen molar-refractivity contribution in [3.8, 4) is 16.9 Å². The van der Waals surface area contributed by atoms with Gasteiger partial charge in [-0.1, -0.05) is 48.0 Å². The van der Waals surface area contributed by atoms with E-state index in [0.29, 0.717) is 0 Å². The Labute approximate surface area is 159 Å². The molecule has 5 nitrogen and oxygen atoms in total. The Bertz CT molecular complexity index is 983. The fourth-order valence-electron chi connectivity index (χ4n) is 3.08. The fourth-order valence-corrected chi connectivity index (χ4v) is 3.08. The van der Waals surface area contributed by atoms with Crippen molar-refractivity contribution in [1.82, 2.24) is 25.3 Å². The van der Waals surface area contributed by atoms with Gasteiger partial charge in [0.25, 0.3) is 0 Å². The van der Waals surface area contributed by atoms with Gasteiger partial charge in [0.1, 0.15) is 0 Å². The number of hydrogen-bond acceptors (Lipinski definition) is 3. The number of aryl methyl sites for hydroxylation is 1. The summed E-state index contributed by atoms with van der Waals surface area (Å²) in [6, 6.07) is 18.7. The van der Waals surface area contributed by atoms with E-state index < -0.39 is 0 Å². The first kappa shape index (κ1) is 17.2. The molecule has 0 atom stereocenters. The van der Waals surface area contributed by atoms with E-state index >= 15 is 0 Å². The summed E-state index contributed by atoms with van der Waals surface area (Å²) in [6.45, 7) is 3.77. The van der Waals surface area contributed by atoms with Crippen molar-refractivity contribution in [2.24, 2.45) is 0 Å². The minimum atomic E-state index is 0.784. The van der Waals surface area contributed by atoms with Crippen molar-refractivity contribution in [3.05, 3.63) is 89.9 Å². The van der Waals surface area contributed by atoms with Gasteiger partial charge in [0.05, 0.1) is 23.8 Å². The van der Waals surface area contributed by atoms with Crippen LogP contribution >= 0.6 is 0 Å². The zero-order valence-electron chi connectivity index (χ0n) is 15.4. The van der Waals surface area contributed by atoms with E-state index in [0.717, 1.165) is 30.9 Å². The molecule has 0 saturated heterocycles. The Balaban J connectivity index is 1.32. The van der Waals surface area contributed by atoms with E-state index in [4.69, 9.17) is 0 Å². The van der Waals surface area contributed by atoms with Crippen molar-refractivity contribution < 1.29 is 0 Å². The largest absolute Gasteiger partial charge is 0.312 e. The number of aromatic amines is 1. The molecule has 0 aliphatic heterocycles. The van der Waals surface area contributed by atoms with Gasteiger partial charge < -0.3 is 5.32 Å². The second-order valence-corrected chi connectivity index (χ2v) is 6.69. The lowest BCUT2D eigenvalue weighted by molar-refractivity contribution is 0.688. The summed E-state index contributed by atoms with van der Waals surface area (Å²) in [5.41, 5.74) is 6.99. The first-order valence-electron chi connectivity index (χ1n) is 9.18. The first-order valence-corrected chi connectivity index (χ1v) is 9.18. The van der Waals surface area contributed by atoms with E-state index in [1.807, 2.05) is 35.3 Å². The summed E-state index contributed by atoms with van der Waals surface area (Å²) in [4.78, 5) is 0. The molecule has 0 saturated carbocycles. The van der Waals surface area contributed by atoms with Crippen molar-refractivity contribution in [2.75, 3.05) is 6.54 Å². The zero-order chi connectivity index (χ0) is 18.5. The Kier molecular flexibility index (Phi) is 5.12. The van der Waals surface area contributed by atoms with Crippen LogP contribution in [0.15, 0.2) is 73.2 Å². The molecule has 0 aliphatic carbocycles. The lowest BCUT2D eigenvalue weighted by Gasteiger charge is -2.06. The van der Waals surface area contributed by atoms with Crippen LogP contribution in [0.5, 0.6) is 0 Å². The molecule has 2 N–H and O–H groups in total. The summed E-state index contributed by atoms with van der Waals surface area (Å²) < 4.78 is 1.92. The molecule has 0 aliphatic rings. The zero-order valence-corrected chi connectivity index (χ0v) is 15.4. The van der Waals surface area contributed by atoms with Crippen LogP contribution in [0, 0.1) is 6.92 Å². The topological polar surface area (TPSA) is 58.5 Å². The average molecular weight is 357 g/mol. The van der Waals surface area contributed by atoms with Crippen LogP contribution in [-0.2, 0) is 13.0 Å². The summed E-state index contributed by atoms with van der Waals surface area (Å²) >= 11 is 0. The van der Waals surface area contributed by atoms with Crippen LogP contribution in [0.2, 0.25) is 0 Å². The molecule has 2 heterocycles. The maximum absolute atomic E-state index is 4.45. The second-order valence-electron chi connectivity index (χ2n) is 6.69. The molecule has 0 bridgehead atoms. The van der Waals surface area contributed by atoms with Crippen LogP contribution < -0.4 is 5.32 Å². The van der Waals surface area contributed by atoms with E-state index in [1.165, 1.54) is 22.3 Å². The summed E-state index contributed by atoms with van der Waals surface area (Å²) in [5, 5.41) is 15.3. The van der Waals surface area contributed by atoms with E-state index in [-0.39, 0.29) is 0 Å². The molecule has 2 aromatic heterocycles. The van der Waals surface area contributed by atoms with Crippen molar-refractivity contribution in [3.63, 3.8) is 0 Å². The molecule has 0 unspecified atom stereocenters. The van der Waals surface area contributed by atoms with E-state index in [9.17, 15) is 0 Å². The quantitative estimate of drug-likeness (QED) is 0.493. The number of hydrogen-bond donors (Lipinski definition) is 2. The summed E-state index contributed by atoms with van der Waals surface area (Å²) in [6.07, 6.45) is 6.86. The lowest BCUT2D eigenvalue weighted by Crippen LogP contribution is -2.16. The third-order valence-corrected chi connectivity index (χ3v) is 4.62. The maximum Gasteiger partial charge on any atom is 0.0695 e. The minimum Gasteiger partial charge on any atom is -0.312 e. The Hall–Kier alpha value is -3.18. The normalized spacial score (nSPS) is 11.0. The molecule has 136 valence electrons. The number of benzene rings is 2. The average Bonchev–Trinajstić information content (AvgIpc) is 3.36. The number of para-hydroxylation sites is 1. The van der Waals surface area contributed by atoms with Gasteiger partial charge in [-0.2, -0.15) is 10.2 Å². The predicted octanol–water partition coefficient (Wildman–Crippen LogP) is 3.90. The number of aromatic nitrogens is 4. The van der Waals surface area contributed by atoms with Gasteiger partial charge in [0.15, 0.2) is 0 Å². The molecule has 4 aromatic rings. The molecule has 0 spiro atoms. The molecule has 4 rings (SSSR count). The van der Waals surface area contributed by atoms with Gasteiger partial charge in [-0.15, -0.1) is 0 Å². The Morgan fingerprint density at radius 2 is 1.81 bits per heavy atom. The van der Waals surface area contributed by atoms with Gasteiger partial charge in [-0.3, -0.25) is 5.10 Å². The maximum atomic E-state index is 4.45. The van der Waals surface area contributed by atoms with Gasteiger partial charge in [-0.05, 0) is 43.1 Å². The monoisotopic (exact) mass is 357 g/mol. The molecular weight excluding hydrogens is 334 g/mol. The van der Waals surface area contributed by atoms with Crippen LogP contribution in [0.1, 0.15) is 16.7 Å². The summed E-state index contributed by atoms with van der Waals surface area (Å²) in [7, 11) is 0. The predicted molar refractivity (Wildman–Crippen MR) is 108 cm³/mol. The third-order valence-electron chi connectivity index (χ3n) is 4.62. The standard InChI is InChI=1S/C22H23N5/c1-17-7-9-19(10-8-17)22-20(15-24-26-22)14-23-12-11-18-13-25-27(16-18)21-5-3-2-4-6-21/h2-10,13,15-16,23H,11-12,14H2,1H3,(H,24,26). The van der Waals surface area contributed by atoms with Crippen molar-refractivity contribution >= 4 is 0 Å². The highest BCUT2D eigenvalue weighted by Crippen LogP contribution is 2.21. The molecule has 27 heavy (non-hydrogen) atoms. The van der Waals surface area contributed by atoms with Gasteiger partial charge >= 0.3 is 0 Å². The fraction of sp³-hybridized carbons (Fsp3) is 0.182. The number of H-pyrrole nitrogens is 1. The highest BCUT2D eigenvalue weighted by molar-refractivity contribution is 5.62. The molecule has 2 aromatic carbocycles. The van der Waals surface area contributed by atoms with Gasteiger partial charge in [0, 0.05) is 18.3 Å². The van der Waals surface area contributed by atoms with Crippen molar-refractivity contribution in [2.45, 2.75) is 19.9 Å². The minimum absolute atomic E-state index is 0.784. The van der Waals surface area contributed by atoms with Crippen molar-refractivity contribution in [1.29, 1.82) is 0 Å². The van der Waals surface area contributed by atoms with E-state index in [2.05, 4.69) is 70.1 Å². The SMILES string of the molecule is Cc1ccc(-c2[nH]ncc2CNCCc2cnn(-c3ccccc3)c2)cc1. The molecular formula is C22H23N5. The molecule has 5 heteroatoms. The number of rotatable bonds is 7. The molecule has 0 fully saturated rings. The lowest BCUT2D eigenvalue weighted by atomic mass is 10.1. The van der Waals surface area contributed by atoms with E-state index in [1.54, 1.807) is 0 Å². The van der Waals surface area contributed by atoms with Gasteiger partial charge in [0.2, 0.25) is 0 Å².